The summed E-state index contributed by atoms with van der Waals surface area (Å²) in [5.41, 5.74) is 1.33. The Labute approximate surface area is 169 Å². The van der Waals surface area contributed by atoms with Gasteiger partial charge in [-0.15, -0.1) is 0 Å². The van der Waals surface area contributed by atoms with Crippen LogP contribution < -0.4 is 5.32 Å². The molecule has 2 aromatic carbocycles. The summed E-state index contributed by atoms with van der Waals surface area (Å²) in [6.45, 7) is 2.11. The van der Waals surface area contributed by atoms with Crippen molar-refractivity contribution in [1.29, 1.82) is 0 Å². The minimum atomic E-state index is -3.80. The molecule has 1 saturated heterocycles. The molecular formula is C19H20Cl2N2O3S. The van der Waals surface area contributed by atoms with Gasteiger partial charge in [-0.1, -0.05) is 35.7 Å². The van der Waals surface area contributed by atoms with Gasteiger partial charge < -0.3 is 5.32 Å². The number of carbonyl (C=O) groups excluding carboxylic acids is 1. The largest absolute Gasteiger partial charge is 0.324 e. The van der Waals surface area contributed by atoms with Crippen molar-refractivity contribution in [2.45, 2.75) is 37.1 Å². The molecule has 1 aliphatic heterocycles. The van der Waals surface area contributed by atoms with Crippen molar-refractivity contribution in [2.24, 2.45) is 0 Å². The zero-order chi connectivity index (χ0) is 19.6. The molecular weight excluding hydrogens is 407 g/mol. The van der Waals surface area contributed by atoms with Crippen LogP contribution in [-0.4, -0.2) is 31.2 Å². The molecule has 8 heteroatoms. The fraction of sp³-hybridized carbons (Fsp3) is 0.316. The van der Waals surface area contributed by atoms with E-state index in [1.54, 1.807) is 25.1 Å². The Morgan fingerprint density at radius 1 is 1.11 bits per heavy atom. The molecule has 0 radical (unpaired) electrons. The van der Waals surface area contributed by atoms with Crippen molar-refractivity contribution in [2.75, 3.05) is 11.9 Å². The fourth-order valence-electron chi connectivity index (χ4n) is 3.16. The lowest BCUT2D eigenvalue weighted by Gasteiger charge is -2.33. The fourth-order valence-corrected chi connectivity index (χ4v) is 5.11. The zero-order valence-corrected chi connectivity index (χ0v) is 17.1. The first kappa shape index (κ1) is 20.1. The van der Waals surface area contributed by atoms with E-state index >= 15 is 0 Å². The second kappa shape index (κ2) is 8.19. The number of hydrogen-bond acceptors (Lipinski definition) is 3. The number of piperidine rings is 1. The topological polar surface area (TPSA) is 66.5 Å². The Morgan fingerprint density at radius 2 is 1.81 bits per heavy atom. The van der Waals surface area contributed by atoms with E-state index in [4.69, 9.17) is 23.2 Å². The molecule has 1 atom stereocenters. The third kappa shape index (κ3) is 4.29. The predicted molar refractivity (Wildman–Crippen MR) is 108 cm³/mol. The highest BCUT2D eigenvalue weighted by Gasteiger charge is 2.37. The van der Waals surface area contributed by atoms with Crippen molar-refractivity contribution in [3.8, 4) is 0 Å². The lowest BCUT2D eigenvalue weighted by atomic mass is 10.0. The molecule has 0 aliphatic carbocycles. The molecule has 1 amide bonds. The molecule has 1 heterocycles. The minimum Gasteiger partial charge on any atom is -0.324 e. The van der Waals surface area contributed by atoms with E-state index in [1.165, 1.54) is 28.6 Å². The molecule has 2 aromatic rings. The van der Waals surface area contributed by atoms with Crippen LogP contribution in [0.2, 0.25) is 10.0 Å². The third-order valence-corrected chi connectivity index (χ3v) is 7.29. The summed E-state index contributed by atoms with van der Waals surface area (Å²) in [6.07, 6.45) is 1.98. The number of hydrogen-bond donors (Lipinski definition) is 1. The number of carbonyl (C=O) groups is 1. The van der Waals surface area contributed by atoms with Gasteiger partial charge in [-0.25, -0.2) is 8.42 Å². The second-order valence-electron chi connectivity index (χ2n) is 6.48. The van der Waals surface area contributed by atoms with Gasteiger partial charge in [0.2, 0.25) is 15.9 Å². The van der Waals surface area contributed by atoms with Crippen LogP contribution in [0.25, 0.3) is 0 Å². The minimum absolute atomic E-state index is 0.130. The van der Waals surface area contributed by atoms with E-state index in [2.05, 4.69) is 5.32 Å². The van der Waals surface area contributed by atoms with E-state index in [9.17, 15) is 13.2 Å². The van der Waals surface area contributed by atoms with Crippen LogP contribution in [0, 0.1) is 6.92 Å². The Morgan fingerprint density at radius 3 is 2.52 bits per heavy atom. The zero-order valence-electron chi connectivity index (χ0n) is 14.8. The smallest absolute Gasteiger partial charge is 0.243 e. The van der Waals surface area contributed by atoms with E-state index in [0.29, 0.717) is 35.1 Å². The number of nitrogens with zero attached hydrogens (tertiary/aromatic N) is 1. The van der Waals surface area contributed by atoms with Crippen molar-refractivity contribution in [3.05, 3.63) is 58.1 Å². The number of benzene rings is 2. The molecule has 1 aliphatic rings. The average Bonchev–Trinajstić information content (AvgIpc) is 2.66. The number of amides is 1. The van der Waals surface area contributed by atoms with Crippen molar-refractivity contribution >= 4 is 44.8 Å². The van der Waals surface area contributed by atoms with Gasteiger partial charge in [0.25, 0.3) is 0 Å². The van der Waals surface area contributed by atoms with Gasteiger partial charge in [-0.05, 0) is 61.7 Å². The summed E-state index contributed by atoms with van der Waals surface area (Å²) in [6, 6.07) is 10.5. The molecule has 5 nitrogen and oxygen atoms in total. The molecule has 0 saturated carbocycles. The van der Waals surface area contributed by atoms with Crippen LogP contribution in [0.1, 0.15) is 24.8 Å². The predicted octanol–water partition coefficient (Wildman–Crippen LogP) is 4.48. The molecule has 144 valence electrons. The van der Waals surface area contributed by atoms with E-state index in [1.807, 2.05) is 0 Å². The normalized spacial score (nSPS) is 18.3. The standard InChI is InChI=1S/C19H20Cl2N2O3S/c1-13-16(21)5-4-6-17(13)22-19(24)18-7-2-3-12-23(18)27(25,26)15-10-8-14(20)9-11-15/h4-6,8-11,18H,2-3,7,12H2,1H3,(H,22,24)/t18-/m0/s1. The highest BCUT2D eigenvalue weighted by molar-refractivity contribution is 7.89. The maximum atomic E-state index is 13.1. The summed E-state index contributed by atoms with van der Waals surface area (Å²) >= 11 is 12.0. The number of sulfonamides is 1. The quantitative estimate of drug-likeness (QED) is 0.782. The van der Waals surface area contributed by atoms with Gasteiger partial charge in [-0.2, -0.15) is 4.31 Å². The Kier molecular flexibility index (Phi) is 6.11. The Hall–Kier alpha value is -1.60. The summed E-state index contributed by atoms with van der Waals surface area (Å²) in [5, 5.41) is 3.83. The average molecular weight is 427 g/mol. The number of nitrogens with one attached hydrogen (secondary N) is 1. The van der Waals surface area contributed by atoms with E-state index in [0.717, 1.165) is 12.0 Å². The van der Waals surface area contributed by atoms with E-state index in [-0.39, 0.29) is 10.8 Å². The molecule has 3 rings (SSSR count). The molecule has 27 heavy (non-hydrogen) atoms. The summed E-state index contributed by atoms with van der Waals surface area (Å²) in [5.74, 6) is -0.349. The maximum absolute atomic E-state index is 13.1. The molecule has 0 spiro atoms. The van der Waals surface area contributed by atoms with Gasteiger partial charge in [0, 0.05) is 22.3 Å². The van der Waals surface area contributed by atoms with Gasteiger partial charge in [0.1, 0.15) is 6.04 Å². The van der Waals surface area contributed by atoms with Gasteiger partial charge in [0.05, 0.1) is 4.90 Å². The number of rotatable bonds is 4. The van der Waals surface area contributed by atoms with Crippen LogP contribution >= 0.6 is 23.2 Å². The summed E-state index contributed by atoms with van der Waals surface area (Å²) in [7, 11) is -3.80. The number of anilines is 1. The monoisotopic (exact) mass is 426 g/mol. The van der Waals surface area contributed by atoms with Crippen LogP contribution in [0.5, 0.6) is 0 Å². The van der Waals surface area contributed by atoms with Crippen LogP contribution in [0.4, 0.5) is 5.69 Å². The van der Waals surface area contributed by atoms with Gasteiger partial charge in [0.15, 0.2) is 0 Å². The first-order valence-electron chi connectivity index (χ1n) is 8.64. The van der Waals surface area contributed by atoms with Gasteiger partial charge in [-0.3, -0.25) is 4.79 Å². The summed E-state index contributed by atoms with van der Waals surface area (Å²) < 4.78 is 27.4. The Balaban J connectivity index is 1.87. The maximum Gasteiger partial charge on any atom is 0.243 e. The number of halogens is 2. The highest BCUT2D eigenvalue weighted by Crippen LogP contribution is 2.28. The van der Waals surface area contributed by atoms with Crippen molar-refractivity contribution in [3.63, 3.8) is 0 Å². The Bertz CT molecular complexity index is 946. The highest BCUT2D eigenvalue weighted by atomic mass is 35.5. The van der Waals surface area contributed by atoms with Crippen LogP contribution in [0.3, 0.4) is 0 Å². The molecule has 1 fully saturated rings. The lowest BCUT2D eigenvalue weighted by Crippen LogP contribution is -2.49. The van der Waals surface area contributed by atoms with Crippen LogP contribution in [-0.2, 0) is 14.8 Å². The second-order valence-corrected chi connectivity index (χ2v) is 9.22. The first-order chi connectivity index (χ1) is 12.8. The molecule has 1 N–H and O–H groups in total. The lowest BCUT2D eigenvalue weighted by molar-refractivity contribution is -0.120. The molecule has 0 aromatic heterocycles. The van der Waals surface area contributed by atoms with Gasteiger partial charge >= 0.3 is 0 Å². The molecule has 0 bridgehead atoms. The first-order valence-corrected chi connectivity index (χ1v) is 10.8. The molecule has 0 unspecified atom stereocenters. The summed E-state index contributed by atoms with van der Waals surface area (Å²) in [4.78, 5) is 13.0. The third-order valence-electron chi connectivity index (χ3n) is 4.70. The van der Waals surface area contributed by atoms with Crippen molar-refractivity contribution < 1.29 is 13.2 Å². The van der Waals surface area contributed by atoms with E-state index < -0.39 is 16.1 Å². The van der Waals surface area contributed by atoms with Crippen LogP contribution in [0.15, 0.2) is 47.4 Å². The van der Waals surface area contributed by atoms with Crippen molar-refractivity contribution in [1.82, 2.24) is 4.31 Å². The SMILES string of the molecule is Cc1c(Cl)cccc1NC(=O)[C@@H]1CCCCN1S(=O)(=O)c1ccc(Cl)cc1.